The number of carbonyl (C=O) groups is 1. The number of aromatic nitrogens is 2. The topological polar surface area (TPSA) is 89.0 Å². The first kappa shape index (κ1) is 18.8. The number of benzene rings is 2. The summed E-state index contributed by atoms with van der Waals surface area (Å²) < 4.78 is 41.1. The minimum Gasteiger partial charge on any atom is -0.293 e. The molecule has 1 aromatic heterocycles. The van der Waals surface area contributed by atoms with Crippen molar-refractivity contribution in [1.82, 2.24) is 14.7 Å². The molecule has 2 aromatic carbocycles. The molecule has 0 aliphatic rings. The van der Waals surface area contributed by atoms with Gasteiger partial charge in [0.05, 0.1) is 17.0 Å². The van der Waals surface area contributed by atoms with Crippen molar-refractivity contribution in [3.8, 4) is 11.4 Å². The van der Waals surface area contributed by atoms with Gasteiger partial charge in [-0.3, -0.25) is 4.79 Å². The first-order valence-corrected chi connectivity index (χ1v) is 9.52. The fraction of sp³-hybridized carbons (Fsp3) is 0.105. The average Bonchev–Trinajstić information content (AvgIpc) is 2.69. The van der Waals surface area contributed by atoms with E-state index < -0.39 is 28.2 Å². The second-order valence-corrected chi connectivity index (χ2v) is 7.55. The van der Waals surface area contributed by atoms with Crippen LogP contribution in [0.25, 0.3) is 11.4 Å². The lowest BCUT2D eigenvalue weighted by Crippen LogP contribution is -2.30. The summed E-state index contributed by atoms with van der Waals surface area (Å²) >= 11 is 0. The van der Waals surface area contributed by atoms with Crippen molar-refractivity contribution < 1.29 is 17.6 Å². The predicted molar refractivity (Wildman–Crippen MR) is 98.1 cm³/mol. The molecule has 138 valence electrons. The molecule has 0 unspecified atom stereocenters. The second-order valence-electron chi connectivity index (χ2n) is 5.79. The van der Waals surface area contributed by atoms with Crippen LogP contribution in [0.1, 0.15) is 15.9 Å². The normalized spacial score (nSPS) is 11.3. The van der Waals surface area contributed by atoms with Crippen molar-refractivity contribution in [3.05, 3.63) is 77.9 Å². The molecule has 0 fully saturated rings. The lowest BCUT2D eigenvalue weighted by atomic mass is 10.0. The number of nitrogens with one attached hydrogen (secondary N) is 1. The van der Waals surface area contributed by atoms with Crippen molar-refractivity contribution >= 4 is 15.8 Å². The van der Waals surface area contributed by atoms with E-state index in [9.17, 15) is 17.6 Å². The van der Waals surface area contributed by atoms with E-state index in [-0.39, 0.29) is 16.0 Å². The third kappa shape index (κ3) is 4.24. The Labute approximate surface area is 156 Å². The van der Waals surface area contributed by atoms with Crippen LogP contribution in [0.15, 0.2) is 65.8 Å². The first-order chi connectivity index (χ1) is 12.9. The van der Waals surface area contributed by atoms with Crippen molar-refractivity contribution in [2.45, 2.75) is 11.8 Å². The number of nitrogens with zero attached hydrogens (tertiary/aromatic N) is 2. The highest BCUT2D eigenvalue weighted by molar-refractivity contribution is 7.89. The Morgan fingerprint density at radius 2 is 1.74 bits per heavy atom. The average molecular weight is 385 g/mol. The van der Waals surface area contributed by atoms with Gasteiger partial charge in [0.1, 0.15) is 5.82 Å². The number of ketones is 1. The Morgan fingerprint density at radius 1 is 1.07 bits per heavy atom. The Morgan fingerprint density at radius 3 is 2.41 bits per heavy atom. The molecule has 0 saturated carbocycles. The van der Waals surface area contributed by atoms with Gasteiger partial charge >= 0.3 is 0 Å². The lowest BCUT2D eigenvalue weighted by Gasteiger charge is -2.10. The van der Waals surface area contributed by atoms with E-state index in [4.69, 9.17) is 0 Å². The van der Waals surface area contributed by atoms with Gasteiger partial charge in [-0.1, -0.05) is 18.2 Å². The Hall–Kier alpha value is -2.97. The molecule has 0 bridgehead atoms. The first-order valence-electron chi connectivity index (χ1n) is 8.04. The molecule has 0 aliphatic carbocycles. The van der Waals surface area contributed by atoms with Crippen LogP contribution >= 0.6 is 0 Å². The molecular weight excluding hydrogens is 369 g/mol. The summed E-state index contributed by atoms with van der Waals surface area (Å²) in [6, 6.07) is 12.2. The van der Waals surface area contributed by atoms with E-state index in [1.54, 1.807) is 24.3 Å². The molecule has 8 heteroatoms. The number of sulfonamides is 1. The van der Waals surface area contributed by atoms with Crippen LogP contribution in [0, 0.1) is 12.7 Å². The minimum absolute atomic E-state index is 0.0286. The molecule has 0 radical (unpaired) electrons. The smallest absolute Gasteiger partial charge is 0.240 e. The summed E-state index contributed by atoms with van der Waals surface area (Å²) in [6.07, 6.45) is 3.08. The van der Waals surface area contributed by atoms with Crippen LogP contribution in [0.3, 0.4) is 0 Å². The van der Waals surface area contributed by atoms with E-state index in [1.165, 1.54) is 43.6 Å². The zero-order chi connectivity index (χ0) is 19.4. The molecular formula is C19H16FN3O3S. The highest BCUT2D eigenvalue weighted by atomic mass is 32.2. The van der Waals surface area contributed by atoms with Gasteiger partial charge in [-0.25, -0.2) is 27.5 Å². The molecule has 6 nitrogen and oxygen atoms in total. The quantitative estimate of drug-likeness (QED) is 0.659. The largest absolute Gasteiger partial charge is 0.293 e. The molecule has 3 rings (SSSR count). The number of hydrogen-bond acceptors (Lipinski definition) is 5. The maximum Gasteiger partial charge on any atom is 0.240 e. The zero-order valence-electron chi connectivity index (χ0n) is 14.4. The maximum atomic E-state index is 14.5. The van der Waals surface area contributed by atoms with Gasteiger partial charge in [-0.2, -0.15) is 0 Å². The highest BCUT2D eigenvalue weighted by Crippen LogP contribution is 2.22. The van der Waals surface area contributed by atoms with Crippen molar-refractivity contribution in [3.63, 3.8) is 0 Å². The molecule has 0 atom stereocenters. The van der Waals surface area contributed by atoms with Crippen LogP contribution in [0.2, 0.25) is 0 Å². The lowest BCUT2D eigenvalue weighted by molar-refractivity contribution is 0.0993. The fourth-order valence-electron chi connectivity index (χ4n) is 2.49. The molecule has 0 amide bonds. The van der Waals surface area contributed by atoms with Crippen LogP contribution in [-0.4, -0.2) is 30.7 Å². The SMILES string of the molecule is Cc1cc(-c2ncccn2)cc(C(=O)CNS(=O)(=O)c2ccccc2)c1F. The summed E-state index contributed by atoms with van der Waals surface area (Å²) in [5.41, 5.74) is 0.506. The number of Topliss-reactive ketones (excluding diaryl/α,β-unsaturated/α-hetero) is 1. The van der Waals surface area contributed by atoms with Crippen LogP contribution in [0.4, 0.5) is 4.39 Å². The third-order valence-corrected chi connectivity index (χ3v) is 5.27. The molecule has 1 heterocycles. The number of carbonyl (C=O) groups excluding carboxylic acids is 1. The van der Waals surface area contributed by atoms with Gasteiger partial charge in [0.25, 0.3) is 0 Å². The summed E-state index contributed by atoms with van der Waals surface area (Å²) in [5, 5.41) is 0. The Balaban J connectivity index is 1.86. The third-order valence-electron chi connectivity index (χ3n) is 3.86. The van der Waals surface area contributed by atoms with E-state index >= 15 is 0 Å². The minimum atomic E-state index is -3.87. The highest BCUT2D eigenvalue weighted by Gasteiger charge is 2.20. The molecule has 3 aromatic rings. The molecule has 0 aliphatic heterocycles. The van der Waals surface area contributed by atoms with Gasteiger partial charge in [0.2, 0.25) is 10.0 Å². The summed E-state index contributed by atoms with van der Waals surface area (Å²) in [5.74, 6) is -1.04. The van der Waals surface area contributed by atoms with Gasteiger partial charge < -0.3 is 0 Å². The molecule has 0 spiro atoms. The van der Waals surface area contributed by atoms with Crippen molar-refractivity contribution in [2.75, 3.05) is 6.54 Å². The molecule has 27 heavy (non-hydrogen) atoms. The van der Waals surface area contributed by atoms with E-state index in [2.05, 4.69) is 14.7 Å². The standard InChI is InChI=1S/C19H16FN3O3S/c1-13-10-14(19-21-8-5-9-22-19)11-16(18(13)20)17(24)12-23-27(25,26)15-6-3-2-4-7-15/h2-11,23H,12H2,1H3. The maximum absolute atomic E-state index is 14.5. The summed E-state index contributed by atoms with van der Waals surface area (Å²) in [4.78, 5) is 20.7. The Kier molecular flexibility index (Phi) is 5.38. The molecule has 0 saturated heterocycles. The van der Waals surface area contributed by atoms with E-state index in [0.29, 0.717) is 11.4 Å². The van der Waals surface area contributed by atoms with Crippen LogP contribution < -0.4 is 4.72 Å². The number of rotatable bonds is 6. The van der Waals surface area contributed by atoms with Crippen LogP contribution in [-0.2, 0) is 10.0 Å². The number of aryl methyl sites for hydroxylation is 1. The van der Waals surface area contributed by atoms with Crippen molar-refractivity contribution in [2.24, 2.45) is 0 Å². The number of hydrogen-bond donors (Lipinski definition) is 1. The van der Waals surface area contributed by atoms with Gasteiger partial charge in [-0.05, 0) is 42.8 Å². The van der Waals surface area contributed by atoms with E-state index in [1.807, 2.05) is 0 Å². The van der Waals surface area contributed by atoms with Gasteiger partial charge in [-0.15, -0.1) is 0 Å². The van der Waals surface area contributed by atoms with E-state index in [0.717, 1.165) is 0 Å². The molecule has 1 N–H and O–H groups in total. The zero-order valence-corrected chi connectivity index (χ0v) is 15.2. The van der Waals surface area contributed by atoms with Crippen LogP contribution in [0.5, 0.6) is 0 Å². The Bertz CT molecular complexity index is 1070. The van der Waals surface area contributed by atoms with Gasteiger partial charge in [0.15, 0.2) is 11.6 Å². The predicted octanol–water partition coefficient (Wildman–Crippen LogP) is 2.75. The summed E-state index contributed by atoms with van der Waals surface area (Å²) in [7, 11) is -3.87. The fourth-order valence-corrected chi connectivity index (χ4v) is 3.49. The number of halogens is 1. The van der Waals surface area contributed by atoms with Crippen molar-refractivity contribution in [1.29, 1.82) is 0 Å². The monoisotopic (exact) mass is 385 g/mol. The summed E-state index contributed by atoms with van der Waals surface area (Å²) in [6.45, 7) is 0.958. The van der Waals surface area contributed by atoms with Gasteiger partial charge in [0, 0.05) is 18.0 Å². The second kappa shape index (κ2) is 7.73.